The van der Waals surface area contributed by atoms with Crippen LogP contribution in [0.5, 0.6) is 0 Å². The van der Waals surface area contributed by atoms with E-state index in [-0.39, 0.29) is 36.1 Å². The second-order valence-electron chi connectivity index (χ2n) is 6.45. The standard InChI is InChI=1S/C15H19N4O5/c1-5-9(16)12(21)8-6(4-24-14(17)22)15(23-2)13-7(18-13)3-19(15)10(8)11(5)20/h6-7,13,18,20H,3-4,16H2,1-2H3,(H2,17,22)/p-1/t6-,7+,13+,15-/m1/s1. The molecule has 0 saturated carbocycles. The third-order valence-corrected chi connectivity index (χ3v) is 5.49. The monoisotopic (exact) mass is 334 g/mol. The molecule has 9 heteroatoms. The maximum absolute atomic E-state index is 12.8. The molecule has 0 aromatic rings. The van der Waals surface area contributed by atoms with Crippen molar-refractivity contribution >= 4 is 11.9 Å². The maximum atomic E-state index is 12.8. The van der Waals surface area contributed by atoms with Gasteiger partial charge in [0.25, 0.3) is 0 Å². The number of allylic oxidation sites excluding steroid dienone is 1. The van der Waals surface area contributed by atoms with Crippen molar-refractivity contribution in [1.29, 1.82) is 5.41 Å². The van der Waals surface area contributed by atoms with Gasteiger partial charge in [-0.05, 0) is 12.5 Å². The Kier molecular flexibility index (Phi) is 3.03. The highest BCUT2D eigenvalue weighted by atomic mass is 16.6. The fourth-order valence-electron chi connectivity index (χ4n) is 4.32. The number of ether oxygens (including phenoxy) is 2. The normalized spacial score (nSPS) is 37.5. The number of nitrogens with zero attached hydrogens (tertiary/aromatic N) is 1. The van der Waals surface area contributed by atoms with Crippen molar-refractivity contribution in [2.45, 2.75) is 24.7 Å². The molecule has 4 aliphatic rings. The highest BCUT2D eigenvalue weighted by Crippen LogP contribution is 2.57. The third-order valence-electron chi connectivity index (χ3n) is 5.49. The molecule has 3 aliphatic heterocycles. The Morgan fingerprint density at radius 1 is 1.62 bits per heavy atom. The first-order chi connectivity index (χ1) is 11.3. The van der Waals surface area contributed by atoms with Crippen molar-refractivity contribution in [3.05, 3.63) is 28.6 Å². The molecule has 129 valence electrons. The number of piperazine rings is 1. The van der Waals surface area contributed by atoms with Gasteiger partial charge < -0.3 is 35.6 Å². The lowest BCUT2D eigenvalue weighted by Gasteiger charge is -2.41. The molecule has 1 radical (unpaired) electrons. The van der Waals surface area contributed by atoms with E-state index in [0.717, 1.165) is 0 Å². The molecule has 0 amide bonds. The predicted octanol–water partition coefficient (Wildman–Crippen LogP) is -2.10. The van der Waals surface area contributed by atoms with Crippen LogP contribution in [0.1, 0.15) is 6.92 Å². The second-order valence-corrected chi connectivity index (χ2v) is 6.45. The molecule has 2 saturated heterocycles. The van der Waals surface area contributed by atoms with Gasteiger partial charge >= 0.3 is 0 Å². The summed E-state index contributed by atoms with van der Waals surface area (Å²) in [5.41, 5.74) is 5.90. The van der Waals surface area contributed by atoms with Gasteiger partial charge in [0.2, 0.25) is 5.78 Å². The molecule has 0 aromatic heterocycles. The van der Waals surface area contributed by atoms with Crippen LogP contribution >= 0.6 is 0 Å². The van der Waals surface area contributed by atoms with Crippen LogP contribution in [-0.2, 0) is 14.3 Å². The number of fused-ring (bicyclic) bond motifs is 4. The van der Waals surface area contributed by atoms with Crippen LogP contribution in [0.2, 0.25) is 0 Å². The van der Waals surface area contributed by atoms with Crippen molar-refractivity contribution < 1.29 is 24.5 Å². The number of nitrogens with two attached hydrogens (primary N) is 1. The molecular weight excluding hydrogens is 316 g/mol. The lowest BCUT2D eigenvalue weighted by molar-refractivity contribution is -0.255. The molecular formula is C15H18N4O5-. The number of rotatable bonds is 3. The Hall–Kier alpha value is -2.10. The summed E-state index contributed by atoms with van der Waals surface area (Å²) in [6.07, 6.45) is -1.24. The quantitative estimate of drug-likeness (QED) is 0.260. The molecule has 4 atom stereocenters. The average molecular weight is 334 g/mol. The van der Waals surface area contributed by atoms with E-state index in [1.165, 1.54) is 7.11 Å². The minimum atomic E-state index is -1.18. The molecule has 4 rings (SSSR count). The number of carbonyl (C=O) groups is 1. The van der Waals surface area contributed by atoms with E-state index in [9.17, 15) is 15.0 Å². The second kappa shape index (κ2) is 4.71. The highest BCUT2D eigenvalue weighted by Gasteiger charge is 2.72. The van der Waals surface area contributed by atoms with E-state index in [0.29, 0.717) is 17.8 Å². The molecule has 1 aliphatic carbocycles. The predicted molar refractivity (Wildman–Crippen MR) is 78.4 cm³/mol. The number of hydrogen-bond donors (Lipinski definition) is 4. The molecule has 0 unspecified atom stereocenters. The number of hydrogen-bond acceptors (Lipinski definition) is 9. The fraction of sp³-hybridized carbons (Fsp3) is 0.533. The van der Waals surface area contributed by atoms with Gasteiger partial charge in [-0.3, -0.25) is 10.2 Å². The zero-order valence-electron chi connectivity index (χ0n) is 13.3. The van der Waals surface area contributed by atoms with E-state index >= 15 is 0 Å². The van der Waals surface area contributed by atoms with Crippen LogP contribution in [0.3, 0.4) is 0 Å². The summed E-state index contributed by atoms with van der Waals surface area (Å²) in [6, 6.07) is 0.129. The van der Waals surface area contributed by atoms with Gasteiger partial charge in [-0.1, -0.05) is 0 Å². The Labute approximate surface area is 138 Å². The first kappa shape index (κ1) is 15.4. The van der Waals surface area contributed by atoms with Gasteiger partial charge in [0.15, 0.2) is 11.8 Å². The Bertz CT molecular complexity index is 717. The van der Waals surface area contributed by atoms with Crippen LogP contribution in [0.4, 0.5) is 0 Å². The van der Waals surface area contributed by atoms with Gasteiger partial charge in [-0.2, -0.15) is 0 Å². The van der Waals surface area contributed by atoms with Crippen LogP contribution in [-0.4, -0.2) is 59.9 Å². The molecule has 9 nitrogen and oxygen atoms in total. The summed E-state index contributed by atoms with van der Waals surface area (Å²) in [4.78, 5) is 14.6. The van der Waals surface area contributed by atoms with Crippen molar-refractivity contribution in [1.82, 2.24) is 10.2 Å². The minimum absolute atomic E-state index is 0.0267. The van der Waals surface area contributed by atoms with Gasteiger partial charge in [0, 0.05) is 37.8 Å². The maximum Gasteiger partial charge on any atom is 0.207 e. The minimum Gasteiger partial charge on any atom is -0.600 e. The Morgan fingerprint density at radius 2 is 2.33 bits per heavy atom. The van der Waals surface area contributed by atoms with E-state index in [1.54, 1.807) is 6.92 Å². The lowest BCUT2D eigenvalue weighted by Crippen LogP contribution is -2.55. The SMILES string of the molecule is CO[C@@]12[C@H](COC(=N)[O-])C3=C([C](O)C(C)=C(N)C3=O)N1C[C@@H]1N[C@@H]12. The van der Waals surface area contributed by atoms with Crippen molar-refractivity contribution in [3.8, 4) is 0 Å². The summed E-state index contributed by atoms with van der Waals surface area (Å²) >= 11 is 0. The fourth-order valence-corrected chi connectivity index (χ4v) is 4.32. The smallest absolute Gasteiger partial charge is 0.207 e. The van der Waals surface area contributed by atoms with Gasteiger partial charge in [0.1, 0.15) is 6.08 Å². The van der Waals surface area contributed by atoms with Crippen LogP contribution in [0, 0.1) is 17.4 Å². The number of methoxy groups -OCH3 is 1. The van der Waals surface area contributed by atoms with E-state index in [4.69, 9.17) is 20.6 Å². The van der Waals surface area contributed by atoms with E-state index in [2.05, 4.69) is 5.32 Å². The molecule has 5 N–H and O–H groups in total. The van der Waals surface area contributed by atoms with Crippen molar-refractivity contribution in [2.24, 2.45) is 11.7 Å². The highest BCUT2D eigenvalue weighted by molar-refractivity contribution is 6.11. The van der Waals surface area contributed by atoms with Crippen LogP contribution in [0.15, 0.2) is 22.5 Å². The zero-order valence-corrected chi connectivity index (χ0v) is 13.3. The zero-order chi connectivity index (χ0) is 17.4. The molecule has 0 spiro atoms. The van der Waals surface area contributed by atoms with Crippen LogP contribution in [0.25, 0.3) is 0 Å². The van der Waals surface area contributed by atoms with Crippen molar-refractivity contribution in [3.63, 3.8) is 0 Å². The number of ketones is 1. The summed E-state index contributed by atoms with van der Waals surface area (Å²) in [6.45, 7) is 1.96. The van der Waals surface area contributed by atoms with Gasteiger partial charge in [0.05, 0.1) is 17.4 Å². The summed E-state index contributed by atoms with van der Waals surface area (Å²) in [5, 5.41) is 31.8. The molecule has 0 bridgehead atoms. The van der Waals surface area contributed by atoms with Crippen molar-refractivity contribution in [2.75, 3.05) is 20.3 Å². The molecule has 3 heterocycles. The third kappa shape index (κ3) is 1.64. The number of aliphatic hydroxyl groups excluding tert-OH is 1. The summed E-state index contributed by atoms with van der Waals surface area (Å²) < 4.78 is 10.7. The van der Waals surface area contributed by atoms with Gasteiger partial charge in [-0.15, -0.1) is 0 Å². The molecule has 0 aromatic carbocycles. The summed E-state index contributed by atoms with van der Waals surface area (Å²) in [7, 11) is 1.52. The number of aliphatic hydroxyl groups is 1. The molecule has 2 fully saturated rings. The topological polar surface area (TPSA) is 154 Å². The first-order valence-electron chi connectivity index (χ1n) is 7.63. The lowest BCUT2D eigenvalue weighted by atomic mass is 9.82. The van der Waals surface area contributed by atoms with Crippen LogP contribution < -0.4 is 16.2 Å². The van der Waals surface area contributed by atoms with E-state index in [1.807, 2.05) is 4.90 Å². The molecule has 24 heavy (non-hydrogen) atoms. The number of nitrogens with one attached hydrogen (secondary N) is 2. The first-order valence-corrected chi connectivity index (χ1v) is 7.63. The number of carbonyl (C=O) groups excluding carboxylic acids is 1. The Balaban J connectivity index is 1.83. The van der Waals surface area contributed by atoms with Gasteiger partial charge in [-0.25, -0.2) is 0 Å². The summed E-state index contributed by atoms with van der Waals surface area (Å²) in [5.74, 6) is -1.03. The largest absolute Gasteiger partial charge is 0.600 e. The number of Topliss-reactive ketones (excluding diaryl/α,β-unsaturated/α-hetero) is 1. The average Bonchev–Trinajstić information content (AvgIpc) is 3.16. The Morgan fingerprint density at radius 3 is 2.96 bits per heavy atom. The van der Waals surface area contributed by atoms with E-state index < -0.39 is 23.5 Å².